The van der Waals surface area contributed by atoms with Crippen molar-refractivity contribution in [3.8, 4) is 0 Å². The van der Waals surface area contributed by atoms with Crippen LogP contribution in [0, 0.1) is 0 Å². The molecule has 0 fully saturated rings. The van der Waals surface area contributed by atoms with Gasteiger partial charge in [-0.25, -0.2) is 0 Å². The molecule has 0 saturated heterocycles. The summed E-state index contributed by atoms with van der Waals surface area (Å²) in [6.45, 7) is 14.2. The molecule has 0 saturated carbocycles. The van der Waals surface area contributed by atoms with E-state index in [1.807, 2.05) is 0 Å². The average Bonchev–Trinajstić information content (AvgIpc) is 3.63. The van der Waals surface area contributed by atoms with Crippen LogP contribution in [0.4, 0.5) is 0 Å². The molecular weight excluding hydrogens is 1130 g/mol. The first kappa shape index (κ1) is 83.2. The summed E-state index contributed by atoms with van der Waals surface area (Å²) < 4.78 is 0. The summed E-state index contributed by atoms with van der Waals surface area (Å²) >= 11 is 0. The lowest BCUT2D eigenvalue weighted by atomic mass is 10.1. The van der Waals surface area contributed by atoms with E-state index >= 15 is 0 Å². The van der Waals surface area contributed by atoms with Crippen molar-refractivity contribution < 1.29 is 52.7 Å². The highest BCUT2D eigenvalue weighted by Crippen LogP contribution is 2.12. The van der Waals surface area contributed by atoms with Crippen molar-refractivity contribution in [2.75, 3.05) is 105 Å². The van der Waals surface area contributed by atoms with Crippen LogP contribution >= 0.6 is 0 Å². The number of hydrogen-bond donors (Lipinski definition) is 6. The van der Waals surface area contributed by atoms with Crippen LogP contribution < -0.4 is 31.9 Å². The second kappa shape index (κ2) is 57.3. The number of unbranched alkanes of at least 4 members (excludes halogenated alkanes) is 21. The predicted molar refractivity (Wildman–Crippen MR) is 353 cm³/mol. The van der Waals surface area contributed by atoms with Crippen molar-refractivity contribution in [2.24, 2.45) is 0 Å². The Kier molecular flexibility index (Phi) is 53.6. The second-order valence-electron chi connectivity index (χ2n) is 23.7. The van der Waals surface area contributed by atoms with Crippen LogP contribution in [0.25, 0.3) is 0 Å². The van der Waals surface area contributed by atoms with Crippen molar-refractivity contribution >= 4 is 65.0 Å². The molecular formula is C67H125N11O11. The van der Waals surface area contributed by atoms with Crippen LogP contribution in [0.3, 0.4) is 0 Å². The van der Waals surface area contributed by atoms with Crippen LogP contribution in [0.2, 0.25) is 0 Å². The van der Waals surface area contributed by atoms with E-state index in [2.05, 4.69) is 73.4 Å². The molecule has 0 aliphatic carbocycles. The lowest BCUT2D eigenvalue weighted by Crippen LogP contribution is -2.49. The molecule has 0 radical (unpaired) electrons. The molecule has 0 unspecified atom stereocenters. The van der Waals surface area contributed by atoms with Crippen molar-refractivity contribution in [2.45, 2.75) is 260 Å². The van der Waals surface area contributed by atoms with Crippen molar-refractivity contribution in [3.05, 3.63) is 0 Å². The topological polar surface area (TPSA) is 276 Å². The summed E-state index contributed by atoms with van der Waals surface area (Å²) in [4.78, 5) is 153. The van der Waals surface area contributed by atoms with Gasteiger partial charge in [-0.15, -0.1) is 0 Å². The highest BCUT2D eigenvalue weighted by atomic mass is 16.2. The van der Waals surface area contributed by atoms with Crippen LogP contribution in [0.5, 0.6) is 0 Å². The molecule has 6 N–H and O–H groups in total. The number of hydrogen-bond acceptors (Lipinski definition) is 11. The number of carbonyl (C=O) groups is 11. The summed E-state index contributed by atoms with van der Waals surface area (Å²) in [7, 11) is 0. The Balaban J connectivity index is 5.95. The smallest absolute Gasteiger partial charge is 0.239 e. The molecule has 0 rings (SSSR count). The van der Waals surface area contributed by atoms with Crippen LogP contribution in [-0.4, -0.2) is 194 Å². The maximum atomic E-state index is 13.7. The largest absolute Gasteiger partial charge is 0.355 e. The maximum absolute atomic E-state index is 13.7. The first-order valence-corrected chi connectivity index (χ1v) is 35.0. The van der Waals surface area contributed by atoms with Gasteiger partial charge in [0.2, 0.25) is 65.0 Å². The van der Waals surface area contributed by atoms with Gasteiger partial charge in [-0.1, -0.05) is 183 Å². The number of nitrogens with zero attached hydrogens (tertiary/aromatic N) is 5. The molecule has 0 aromatic carbocycles. The molecule has 89 heavy (non-hydrogen) atoms. The highest BCUT2D eigenvalue weighted by molar-refractivity contribution is 5.88. The molecule has 0 atom stereocenters. The monoisotopic (exact) mass is 1260 g/mol. The molecule has 0 spiro atoms. The van der Waals surface area contributed by atoms with Gasteiger partial charge in [0.05, 0.1) is 32.7 Å². The average molecular weight is 1260 g/mol. The number of carbonyl (C=O) groups excluding carboxylic acids is 11. The van der Waals surface area contributed by atoms with Crippen molar-refractivity contribution in [1.82, 2.24) is 56.4 Å². The van der Waals surface area contributed by atoms with Crippen molar-refractivity contribution in [1.29, 1.82) is 0 Å². The second-order valence-corrected chi connectivity index (χ2v) is 23.7. The standard InChI is InChI=1S/C67H125N11O11/c1-8-15-21-27-28-29-35-41-68-58(80)52-75(64(86)37-31-23-17-10-3)48-43-70-60(82)54-77(66(88)39-33-25-19-12-5)50-45-72-62(84)56-78(67(89)40-34-26-20-13-6)51-46-73-61(83)55-76(65(87)38-32-24-18-11-4)49-44-71-59(81)53-74(47-42-69-57(79)14-7)63(85)36-30-22-16-9-2/h8-56H2,1-7H3,(H,68,80)(H,69,79)(H,70,82)(H,71,81)(H,72,84)(H,73,83). The van der Waals surface area contributed by atoms with Gasteiger partial charge in [0.1, 0.15) is 0 Å². The quantitative estimate of drug-likeness (QED) is 0.0319. The lowest BCUT2D eigenvalue weighted by molar-refractivity contribution is -0.137. The van der Waals surface area contributed by atoms with Gasteiger partial charge >= 0.3 is 0 Å². The first-order chi connectivity index (χ1) is 43.0. The SMILES string of the molecule is CCCCCCCCCNC(=O)CN(CCNC(=O)CN(CCNC(=O)CN(CCNC(=O)CN(CCNC(=O)CN(CCNC(=O)CC)C(=O)CCCCCC)C(=O)CCCCCC)C(=O)CCCCCC)C(=O)CCCCCC)C(=O)CCCCCC. The third-order valence-corrected chi connectivity index (χ3v) is 15.6. The van der Waals surface area contributed by atoms with Gasteiger partial charge in [-0.3, -0.25) is 52.7 Å². The first-order valence-electron chi connectivity index (χ1n) is 35.0. The van der Waals surface area contributed by atoms with Crippen LogP contribution in [-0.2, 0) is 52.7 Å². The normalized spacial score (nSPS) is 10.9. The molecule has 11 amide bonds. The van der Waals surface area contributed by atoms with Gasteiger partial charge in [0.25, 0.3) is 0 Å². The summed E-state index contributed by atoms with van der Waals surface area (Å²) in [5.74, 6) is -3.38. The number of rotatable bonds is 59. The molecule has 0 aliphatic heterocycles. The Morgan fingerprint density at radius 3 is 0.607 bits per heavy atom. The van der Waals surface area contributed by atoms with Crippen LogP contribution in [0.15, 0.2) is 0 Å². The van der Waals surface area contributed by atoms with Gasteiger partial charge in [-0.2, -0.15) is 0 Å². The minimum absolute atomic E-state index is 0.00288. The molecule has 0 aromatic rings. The van der Waals surface area contributed by atoms with Crippen molar-refractivity contribution in [3.63, 3.8) is 0 Å². The van der Waals surface area contributed by atoms with Gasteiger partial charge < -0.3 is 56.4 Å². The fourth-order valence-electron chi connectivity index (χ4n) is 10.00. The Hall–Kier alpha value is -5.83. The fraction of sp³-hybridized carbons (Fsp3) is 0.836. The molecule has 22 heteroatoms. The van der Waals surface area contributed by atoms with Gasteiger partial charge in [-0.05, 0) is 38.5 Å². The number of amides is 11. The zero-order valence-electron chi connectivity index (χ0n) is 56.9. The molecule has 0 aliphatic rings. The minimum Gasteiger partial charge on any atom is -0.355 e. The minimum atomic E-state index is -0.492. The lowest BCUT2D eigenvalue weighted by Gasteiger charge is -2.26. The Morgan fingerprint density at radius 2 is 0.393 bits per heavy atom. The van der Waals surface area contributed by atoms with E-state index in [0.717, 1.165) is 116 Å². The van der Waals surface area contributed by atoms with E-state index in [1.165, 1.54) is 50.2 Å². The zero-order valence-corrected chi connectivity index (χ0v) is 56.9. The van der Waals surface area contributed by atoms with E-state index in [4.69, 9.17) is 0 Å². The van der Waals surface area contributed by atoms with E-state index in [9.17, 15) is 52.7 Å². The summed E-state index contributed by atoms with van der Waals surface area (Å²) in [6, 6.07) is 0. The molecule has 22 nitrogen and oxygen atoms in total. The third kappa shape index (κ3) is 46.9. The van der Waals surface area contributed by atoms with E-state index in [0.29, 0.717) is 51.5 Å². The Bertz CT molecular complexity index is 1980. The van der Waals surface area contributed by atoms with E-state index in [-0.39, 0.29) is 165 Å². The van der Waals surface area contributed by atoms with E-state index in [1.54, 1.807) is 6.92 Å². The van der Waals surface area contributed by atoms with Gasteiger partial charge in [0.15, 0.2) is 0 Å². The van der Waals surface area contributed by atoms with Crippen LogP contribution in [0.1, 0.15) is 260 Å². The molecule has 514 valence electrons. The summed E-state index contributed by atoms with van der Waals surface area (Å²) in [6.07, 6.45) is 26.8. The van der Waals surface area contributed by atoms with E-state index < -0.39 is 23.6 Å². The molecule has 0 heterocycles. The molecule has 0 aromatic heterocycles. The summed E-state index contributed by atoms with van der Waals surface area (Å²) in [5.41, 5.74) is 0. The summed E-state index contributed by atoms with van der Waals surface area (Å²) in [5, 5.41) is 17.0. The van der Waals surface area contributed by atoms with Gasteiger partial charge in [0, 0.05) is 111 Å². The number of nitrogens with one attached hydrogen (secondary N) is 6. The predicted octanol–water partition coefficient (Wildman–Crippen LogP) is 7.84. The zero-order chi connectivity index (χ0) is 66.1. The Labute approximate surface area is 537 Å². The molecule has 0 bridgehead atoms. The maximum Gasteiger partial charge on any atom is 0.239 e. The third-order valence-electron chi connectivity index (χ3n) is 15.6. The Morgan fingerprint density at radius 1 is 0.213 bits per heavy atom. The fourth-order valence-corrected chi connectivity index (χ4v) is 10.00. The highest BCUT2D eigenvalue weighted by Gasteiger charge is 2.24.